The molecule has 0 saturated heterocycles. The number of rotatable bonds is 5. The standard InChI is InChI=1S/C20H29N5O4/c1-11-14(9-28-13(3)26)7-8-15(11)25-10-21-16-12(2)22-18(23-17(16)25)24-19(27)29-20(4,5)6/h10,13-15,26H,1,7-9H2,2-6H3,(H,22,23,24,27). The number of ether oxygens (including phenoxy) is 2. The Hall–Kier alpha value is -2.52. The summed E-state index contributed by atoms with van der Waals surface area (Å²) in [5, 5.41) is 12.0. The average molecular weight is 403 g/mol. The average Bonchev–Trinajstić information content (AvgIpc) is 3.14. The van der Waals surface area contributed by atoms with Crippen LogP contribution in [0.5, 0.6) is 0 Å². The third kappa shape index (κ3) is 4.91. The summed E-state index contributed by atoms with van der Waals surface area (Å²) in [7, 11) is 0. The number of aliphatic hydroxyl groups is 1. The maximum absolute atomic E-state index is 12.1. The summed E-state index contributed by atoms with van der Waals surface area (Å²) in [5.74, 6) is 0.331. The Labute approximate surface area is 170 Å². The van der Waals surface area contributed by atoms with Crippen molar-refractivity contribution in [2.45, 2.75) is 65.4 Å². The first-order valence-electron chi connectivity index (χ1n) is 9.74. The zero-order chi connectivity index (χ0) is 21.3. The van der Waals surface area contributed by atoms with Crippen LogP contribution in [0.4, 0.5) is 10.7 Å². The zero-order valence-electron chi connectivity index (χ0n) is 17.6. The molecular weight excluding hydrogens is 374 g/mol. The SMILES string of the molecule is C=C1C(COC(C)O)CCC1n1cnc2c(C)nc(NC(=O)OC(C)(C)C)nc21. The molecule has 0 aromatic carbocycles. The van der Waals surface area contributed by atoms with E-state index in [9.17, 15) is 9.90 Å². The van der Waals surface area contributed by atoms with Crippen LogP contribution in [0.2, 0.25) is 0 Å². The lowest BCUT2D eigenvalue weighted by Gasteiger charge is -2.19. The molecule has 1 amide bonds. The van der Waals surface area contributed by atoms with E-state index in [1.807, 2.05) is 11.5 Å². The lowest BCUT2D eigenvalue weighted by atomic mass is 10.0. The van der Waals surface area contributed by atoms with Gasteiger partial charge in [-0.25, -0.2) is 14.8 Å². The second-order valence-corrected chi connectivity index (χ2v) is 8.38. The quantitative estimate of drug-likeness (QED) is 0.582. The predicted octanol–water partition coefficient (Wildman–Crippen LogP) is 3.34. The first kappa shape index (κ1) is 21.2. The van der Waals surface area contributed by atoms with Crippen LogP contribution in [-0.4, -0.2) is 49.2 Å². The monoisotopic (exact) mass is 403 g/mol. The number of aryl methyl sites for hydroxylation is 1. The van der Waals surface area contributed by atoms with Crippen LogP contribution in [0, 0.1) is 12.8 Å². The highest BCUT2D eigenvalue weighted by Crippen LogP contribution is 2.40. The molecule has 1 aliphatic rings. The molecule has 0 radical (unpaired) electrons. The zero-order valence-corrected chi connectivity index (χ0v) is 17.6. The molecule has 9 heteroatoms. The molecule has 1 aliphatic carbocycles. The van der Waals surface area contributed by atoms with Gasteiger partial charge in [-0.3, -0.25) is 5.32 Å². The fourth-order valence-corrected chi connectivity index (χ4v) is 3.50. The van der Waals surface area contributed by atoms with Gasteiger partial charge in [-0.2, -0.15) is 4.98 Å². The van der Waals surface area contributed by atoms with Crippen LogP contribution in [0.15, 0.2) is 18.5 Å². The number of amides is 1. The molecule has 0 bridgehead atoms. The van der Waals surface area contributed by atoms with Gasteiger partial charge in [0, 0.05) is 5.92 Å². The van der Waals surface area contributed by atoms with E-state index in [0.717, 1.165) is 18.4 Å². The largest absolute Gasteiger partial charge is 0.444 e. The van der Waals surface area contributed by atoms with Gasteiger partial charge in [-0.1, -0.05) is 6.58 Å². The number of nitrogens with one attached hydrogen (secondary N) is 1. The maximum Gasteiger partial charge on any atom is 0.414 e. The summed E-state index contributed by atoms with van der Waals surface area (Å²) >= 11 is 0. The normalized spacial score (nSPS) is 20.8. The minimum Gasteiger partial charge on any atom is -0.444 e. The number of hydrogen-bond donors (Lipinski definition) is 2. The van der Waals surface area contributed by atoms with E-state index in [0.29, 0.717) is 23.5 Å². The number of imidazole rings is 1. The number of nitrogens with zero attached hydrogens (tertiary/aromatic N) is 4. The van der Waals surface area contributed by atoms with E-state index >= 15 is 0 Å². The third-order valence-electron chi connectivity index (χ3n) is 4.82. The molecule has 3 rings (SSSR count). The molecule has 2 heterocycles. The highest BCUT2D eigenvalue weighted by molar-refractivity contribution is 5.84. The molecule has 158 valence electrons. The van der Waals surface area contributed by atoms with E-state index < -0.39 is 18.0 Å². The van der Waals surface area contributed by atoms with Crippen LogP contribution in [0.25, 0.3) is 11.2 Å². The van der Waals surface area contributed by atoms with Crippen LogP contribution >= 0.6 is 0 Å². The van der Waals surface area contributed by atoms with Gasteiger partial charge in [0.05, 0.1) is 24.7 Å². The van der Waals surface area contributed by atoms with Gasteiger partial charge in [-0.15, -0.1) is 0 Å². The summed E-state index contributed by atoms with van der Waals surface area (Å²) in [4.78, 5) is 25.4. The Morgan fingerprint density at radius 2 is 2.14 bits per heavy atom. The second kappa shape index (κ2) is 8.08. The molecular formula is C20H29N5O4. The number of anilines is 1. The number of aliphatic hydroxyl groups excluding tert-OH is 1. The van der Waals surface area contributed by atoms with Gasteiger partial charge in [0.1, 0.15) is 11.1 Å². The van der Waals surface area contributed by atoms with Crippen molar-refractivity contribution in [3.8, 4) is 0 Å². The highest BCUT2D eigenvalue weighted by Gasteiger charge is 2.32. The Morgan fingerprint density at radius 3 is 2.79 bits per heavy atom. The van der Waals surface area contributed by atoms with E-state index in [-0.39, 0.29) is 17.9 Å². The molecule has 9 nitrogen and oxygen atoms in total. The van der Waals surface area contributed by atoms with E-state index in [4.69, 9.17) is 9.47 Å². The second-order valence-electron chi connectivity index (χ2n) is 8.38. The van der Waals surface area contributed by atoms with Crippen LogP contribution in [0.3, 0.4) is 0 Å². The molecule has 2 N–H and O–H groups in total. The summed E-state index contributed by atoms with van der Waals surface area (Å²) < 4.78 is 12.6. The Bertz CT molecular complexity index is 915. The van der Waals surface area contributed by atoms with Crippen molar-refractivity contribution in [3.63, 3.8) is 0 Å². The van der Waals surface area contributed by atoms with Crippen LogP contribution < -0.4 is 5.32 Å². The molecule has 2 aromatic rings. The minimum atomic E-state index is -0.798. The Kier molecular flexibility index (Phi) is 5.90. The smallest absolute Gasteiger partial charge is 0.414 e. The third-order valence-corrected chi connectivity index (χ3v) is 4.82. The van der Waals surface area contributed by atoms with Crippen molar-refractivity contribution in [1.29, 1.82) is 0 Å². The number of carbonyl (C=O) groups excluding carboxylic acids is 1. The predicted molar refractivity (Wildman–Crippen MR) is 108 cm³/mol. The van der Waals surface area contributed by atoms with Crippen molar-refractivity contribution in [3.05, 3.63) is 24.2 Å². The lowest BCUT2D eigenvalue weighted by Crippen LogP contribution is -2.28. The molecule has 0 spiro atoms. The van der Waals surface area contributed by atoms with Gasteiger partial charge in [0.15, 0.2) is 11.9 Å². The summed E-state index contributed by atoms with van der Waals surface area (Å²) in [6, 6.07) is 0.0197. The maximum atomic E-state index is 12.1. The number of aromatic nitrogens is 4. The fourth-order valence-electron chi connectivity index (χ4n) is 3.50. The lowest BCUT2D eigenvalue weighted by molar-refractivity contribution is -0.0926. The van der Waals surface area contributed by atoms with Crippen molar-refractivity contribution in [2.24, 2.45) is 5.92 Å². The molecule has 0 aliphatic heterocycles. The number of carbonyl (C=O) groups is 1. The molecule has 1 saturated carbocycles. The van der Waals surface area contributed by atoms with Gasteiger partial charge >= 0.3 is 6.09 Å². The Balaban J connectivity index is 1.84. The number of hydrogen-bond acceptors (Lipinski definition) is 7. The minimum absolute atomic E-state index is 0.0197. The van der Waals surface area contributed by atoms with Gasteiger partial charge in [0.2, 0.25) is 5.95 Å². The van der Waals surface area contributed by atoms with Gasteiger partial charge in [0.25, 0.3) is 0 Å². The van der Waals surface area contributed by atoms with Crippen molar-refractivity contribution >= 4 is 23.2 Å². The van der Waals surface area contributed by atoms with E-state index in [1.54, 1.807) is 34.0 Å². The first-order valence-corrected chi connectivity index (χ1v) is 9.74. The van der Waals surface area contributed by atoms with Gasteiger partial charge < -0.3 is 19.1 Å². The van der Waals surface area contributed by atoms with Crippen molar-refractivity contribution in [2.75, 3.05) is 11.9 Å². The van der Waals surface area contributed by atoms with E-state index in [1.165, 1.54) is 0 Å². The molecule has 2 aromatic heterocycles. The van der Waals surface area contributed by atoms with Gasteiger partial charge in [-0.05, 0) is 53.0 Å². The Morgan fingerprint density at radius 1 is 1.41 bits per heavy atom. The topological polar surface area (TPSA) is 111 Å². The summed E-state index contributed by atoms with van der Waals surface area (Å²) in [6.07, 6.45) is 2.10. The first-order chi connectivity index (χ1) is 13.5. The fraction of sp³-hybridized carbons (Fsp3) is 0.600. The highest BCUT2D eigenvalue weighted by atomic mass is 16.6. The molecule has 29 heavy (non-hydrogen) atoms. The summed E-state index contributed by atoms with van der Waals surface area (Å²) in [6.45, 7) is 13.5. The molecule has 3 atom stereocenters. The molecule has 3 unspecified atom stereocenters. The molecule has 1 fully saturated rings. The van der Waals surface area contributed by atoms with Crippen molar-refractivity contribution < 1.29 is 19.4 Å². The van der Waals surface area contributed by atoms with E-state index in [2.05, 4.69) is 26.8 Å². The summed E-state index contributed by atoms with van der Waals surface area (Å²) in [5.41, 5.74) is 2.37. The van der Waals surface area contributed by atoms with Crippen LogP contribution in [0.1, 0.15) is 52.3 Å². The van der Waals surface area contributed by atoms with Crippen molar-refractivity contribution in [1.82, 2.24) is 19.5 Å². The van der Waals surface area contributed by atoms with Crippen LogP contribution in [-0.2, 0) is 9.47 Å². The number of fused-ring (bicyclic) bond motifs is 1.